The molecule has 1 atom stereocenters. The van der Waals surface area contributed by atoms with Gasteiger partial charge in [0.2, 0.25) is 0 Å². The van der Waals surface area contributed by atoms with Crippen LogP contribution in [-0.2, 0) is 4.79 Å². The van der Waals surface area contributed by atoms with E-state index in [0.717, 1.165) is 15.0 Å². The quantitative estimate of drug-likeness (QED) is 0.802. The van der Waals surface area contributed by atoms with E-state index in [1.165, 1.54) is 5.56 Å². The molecule has 0 aliphatic carbocycles. The summed E-state index contributed by atoms with van der Waals surface area (Å²) in [4.78, 5) is 11.7. The molecule has 1 heterocycles. The topological polar surface area (TPSA) is 17.1 Å². The normalized spacial score (nSPS) is 20.2. The van der Waals surface area contributed by atoms with Crippen LogP contribution in [0, 0.1) is 0 Å². The van der Waals surface area contributed by atoms with Gasteiger partial charge in [-0.05, 0) is 23.4 Å². The van der Waals surface area contributed by atoms with Crippen LogP contribution in [0.3, 0.4) is 0 Å². The summed E-state index contributed by atoms with van der Waals surface area (Å²) < 4.78 is 1.13. The number of thioether (sulfide) groups is 2. The van der Waals surface area contributed by atoms with Crippen LogP contribution in [-0.4, -0.2) is 11.5 Å². The molecule has 17 heavy (non-hydrogen) atoms. The van der Waals surface area contributed by atoms with Crippen LogP contribution in [0.25, 0.3) is 0 Å². The summed E-state index contributed by atoms with van der Waals surface area (Å²) in [5.41, 5.74) is 1.18. The highest BCUT2D eigenvalue weighted by atomic mass is 35.5. The predicted molar refractivity (Wildman–Crippen MR) is 77.6 cm³/mol. The molecule has 90 valence electrons. The summed E-state index contributed by atoms with van der Waals surface area (Å²) >= 11 is 9.38. The van der Waals surface area contributed by atoms with Crippen molar-refractivity contribution in [2.75, 3.05) is 5.75 Å². The van der Waals surface area contributed by atoms with Gasteiger partial charge in [-0.15, -0.1) is 23.5 Å². The van der Waals surface area contributed by atoms with Crippen molar-refractivity contribution in [1.29, 1.82) is 0 Å². The number of hydrogen-bond acceptors (Lipinski definition) is 3. The summed E-state index contributed by atoms with van der Waals surface area (Å²) in [7, 11) is 0. The Morgan fingerprint density at radius 2 is 2.12 bits per heavy atom. The van der Waals surface area contributed by atoms with E-state index in [0.29, 0.717) is 6.42 Å². The van der Waals surface area contributed by atoms with Crippen LogP contribution in [0.15, 0.2) is 34.6 Å². The minimum absolute atomic E-state index is 0.222. The molecule has 0 amide bonds. The maximum atomic E-state index is 11.7. The lowest BCUT2D eigenvalue weighted by atomic mass is 10.1. The number of carbonyl (C=O) groups is 1. The molecule has 0 saturated heterocycles. The van der Waals surface area contributed by atoms with Crippen LogP contribution in [0.2, 0.25) is 5.02 Å². The Labute approximate surface area is 115 Å². The largest absolute Gasteiger partial charge is 0.295 e. The van der Waals surface area contributed by atoms with Gasteiger partial charge in [0.25, 0.3) is 0 Å². The third kappa shape index (κ3) is 3.54. The Bertz CT molecular complexity index is 439. The first-order valence-electron chi connectivity index (χ1n) is 5.48. The Balaban J connectivity index is 2.15. The lowest BCUT2D eigenvalue weighted by molar-refractivity contribution is -0.114. The van der Waals surface area contributed by atoms with Crippen molar-refractivity contribution >= 4 is 40.9 Å². The Morgan fingerprint density at radius 3 is 2.76 bits per heavy atom. The second kappa shape index (κ2) is 5.98. The van der Waals surface area contributed by atoms with Crippen LogP contribution in [0.5, 0.6) is 0 Å². The van der Waals surface area contributed by atoms with Crippen molar-refractivity contribution in [2.45, 2.75) is 18.6 Å². The standard InChI is InChI=1S/C13H13ClOS2/c1-2-16-13-8-11(15)7-12(17-13)9-3-5-10(14)6-4-9/h3-6,8,12H,2,7H2,1H3/t12-/m0/s1. The van der Waals surface area contributed by atoms with Crippen LogP contribution in [0.4, 0.5) is 0 Å². The van der Waals surface area contributed by atoms with Crippen molar-refractivity contribution in [1.82, 2.24) is 0 Å². The first kappa shape index (κ1) is 13.1. The van der Waals surface area contributed by atoms with Gasteiger partial charge in [0.1, 0.15) is 0 Å². The summed E-state index contributed by atoms with van der Waals surface area (Å²) in [6.45, 7) is 2.10. The smallest absolute Gasteiger partial charge is 0.158 e. The van der Waals surface area contributed by atoms with Crippen molar-refractivity contribution in [2.24, 2.45) is 0 Å². The van der Waals surface area contributed by atoms with Gasteiger partial charge in [-0.3, -0.25) is 4.79 Å². The molecule has 0 N–H and O–H groups in total. The van der Waals surface area contributed by atoms with Crippen molar-refractivity contribution in [3.63, 3.8) is 0 Å². The number of halogens is 1. The van der Waals surface area contributed by atoms with Gasteiger partial charge in [0.15, 0.2) is 5.78 Å². The average Bonchev–Trinajstić information content (AvgIpc) is 2.29. The Morgan fingerprint density at radius 1 is 1.41 bits per heavy atom. The monoisotopic (exact) mass is 284 g/mol. The molecule has 0 fully saturated rings. The number of carbonyl (C=O) groups excluding carboxylic acids is 1. The number of rotatable bonds is 3. The number of benzene rings is 1. The van der Waals surface area contributed by atoms with E-state index in [1.54, 1.807) is 29.6 Å². The van der Waals surface area contributed by atoms with Crippen LogP contribution < -0.4 is 0 Å². The van der Waals surface area contributed by atoms with Gasteiger partial charge in [-0.2, -0.15) is 0 Å². The molecular weight excluding hydrogens is 272 g/mol. The molecule has 1 nitrogen and oxygen atoms in total. The van der Waals surface area contributed by atoms with Gasteiger partial charge in [0.05, 0.1) is 0 Å². The maximum absolute atomic E-state index is 11.7. The molecule has 0 aromatic heterocycles. The molecular formula is C13H13ClOS2. The molecule has 0 unspecified atom stereocenters. The average molecular weight is 285 g/mol. The Hall–Kier alpha value is -0.380. The van der Waals surface area contributed by atoms with E-state index < -0.39 is 0 Å². The Kier molecular flexibility index (Phi) is 4.60. The summed E-state index contributed by atoms with van der Waals surface area (Å²) in [5, 5.41) is 0.971. The highest BCUT2D eigenvalue weighted by Gasteiger charge is 2.22. The second-order valence-electron chi connectivity index (χ2n) is 3.72. The fraction of sp³-hybridized carbons (Fsp3) is 0.308. The second-order valence-corrected chi connectivity index (χ2v) is 6.97. The van der Waals surface area contributed by atoms with E-state index in [1.807, 2.05) is 24.3 Å². The van der Waals surface area contributed by atoms with Crippen molar-refractivity contribution < 1.29 is 4.79 Å². The lowest BCUT2D eigenvalue weighted by Crippen LogP contribution is -2.07. The zero-order valence-electron chi connectivity index (χ0n) is 9.48. The molecule has 2 rings (SSSR count). The number of allylic oxidation sites excluding steroid dienone is 1. The zero-order chi connectivity index (χ0) is 12.3. The highest BCUT2D eigenvalue weighted by Crippen LogP contribution is 2.45. The fourth-order valence-corrected chi connectivity index (χ4v) is 4.29. The number of ketones is 1. The van der Waals surface area contributed by atoms with E-state index >= 15 is 0 Å². The molecule has 1 aliphatic heterocycles. The van der Waals surface area contributed by atoms with Crippen LogP contribution >= 0.6 is 35.1 Å². The molecule has 4 heteroatoms. The zero-order valence-corrected chi connectivity index (χ0v) is 11.9. The van der Waals surface area contributed by atoms with Crippen molar-refractivity contribution in [3.8, 4) is 0 Å². The lowest BCUT2D eigenvalue weighted by Gasteiger charge is -2.21. The van der Waals surface area contributed by atoms with Gasteiger partial charge < -0.3 is 0 Å². The summed E-state index contributed by atoms with van der Waals surface area (Å²) in [6.07, 6.45) is 2.35. The first-order chi connectivity index (χ1) is 8.19. The van der Waals surface area contributed by atoms with Crippen molar-refractivity contribution in [3.05, 3.63) is 45.2 Å². The summed E-state index contributed by atoms with van der Waals surface area (Å²) in [6, 6.07) is 7.78. The van der Waals surface area contributed by atoms with E-state index in [-0.39, 0.29) is 11.0 Å². The molecule has 1 aromatic carbocycles. The molecule has 1 aromatic rings. The van der Waals surface area contributed by atoms with Gasteiger partial charge in [0, 0.05) is 27.0 Å². The molecule has 0 radical (unpaired) electrons. The van der Waals surface area contributed by atoms with E-state index in [4.69, 9.17) is 11.6 Å². The van der Waals surface area contributed by atoms with Gasteiger partial charge in [-0.1, -0.05) is 30.7 Å². The SMILES string of the molecule is CCSC1=CC(=O)C[C@@H](c2ccc(Cl)cc2)S1. The van der Waals surface area contributed by atoms with E-state index in [9.17, 15) is 4.79 Å². The predicted octanol–water partition coefficient (Wildman–Crippen LogP) is 4.68. The minimum Gasteiger partial charge on any atom is -0.295 e. The molecule has 0 spiro atoms. The molecule has 1 aliphatic rings. The third-order valence-corrected chi connectivity index (χ3v) is 5.11. The molecule has 0 bridgehead atoms. The van der Waals surface area contributed by atoms with Gasteiger partial charge in [-0.25, -0.2) is 0 Å². The summed E-state index contributed by atoms with van der Waals surface area (Å²) in [5.74, 6) is 1.22. The highest BCUT2D eigenvalue weighted by molar-refractivity contribution is 8.22. The third-order valence-electron chi connectivity index (χ3n) is 2.45. The fourth-order valence-electron chi connectivity index (χ4n) is 1.67. The number of hydrogen-bond donors (Lipinski definition) is 0. The first-order valence-corrected chi connectivity index (χ1v) is 7.73. The minimum atomic E-state index is 0.222. The van der Waals surface area contributed by atoms with E-state index in [2.05, 4.69) is 6.92 Å². The van der Waals surface area contributed by atoms with Gasteiger partial charge >= 0.3 is 0 Å². The maximum Gasteiger partial charge on any atom is 0.158 e. The molecule has 0 saturated carbocycles. The van der Waals surface area contributed by atoms with Crippen LogP contribution in [0.1, 0.15) is 24.2 Å².